The third-order valence-corrected chi connectivity index (χ3v) is 7.10. The van der Waals surface area contributed by atoms with Crippen molar-refractivity contribution in [2.24, 2.45) is 17.8 Å². The molecule has 3 heterocycles. The van der Waals surface area contributed by atoms with Crippen LogP contribution in [0.5, 0.6) is 0 Å². The van der Waals surface area contributed by atoms with E-state index in [0.717, 1.165) is 48.9 Å². The summed E-state index contributed by atoms with van der Waals surface area (Å²) in [6, 6.07) is 7.89. The molecule has 0 saturated carbocycles. The third kappa shape index (κ3) is 2.17. The first-order valence-electron chi connectivity index (χ1n) is 9.69. The van der Waals surface area contributed by atoms with Crippen molar-refractivity contribution in [3.05, 3.63) is 41.0 Å². The maximum absolute atomic E-state index is 12.7. The minimum Gasteiger partial charge on any atom is -0.370 e. The highest BCUT2D eigenvalue weighted by atomic mass is 16.5. The SMILES string of the molecule is Cc1ccc2c(c1)C([C@@H](C=O)C13CC[C@H](O1)C1CNC[C@H]13)=CC(=O)[C@H]2C#N. The summed E-state index contributed by atoms with van der Waals surface area (Å²) in [6.45, 7) is 3.78. The molecular weight excluding hydrogens is 340 g/mol. The van der Waals surface area contributed by atoms with Crippen molar-refractivity contribution >= 4 is 17.6 Å². The zero-order valence-electron chi connectivity index (χ0n) is 15.3. The normalized spacial score (nSPS) is 37.3. The molecule has 5 heteroatoms. The van der Waals surface area contributed by atoms with Crippen molar-refractivity contribution in [2.75, 3.05) is 13.1 Å². The van der Waals surface area contributed by atoms with Gasteiger partial charge in [-0.2, -0.15) is 5.26 Å². The Hall–Kier alpha value is -2.29. The van der Waals surface area contributed by atoms with Crippen LogP contribution < -0.4 is 5.32 Å². The molecule has 4 aliphatic rings. The maximum Gasteiger partial charge on any atom is 0.177 e. The standard InChI is InChI=1S/C22H22N2O3/c1-12-2-3-13-14(6-12)15(7-20(26)16(13)8-23)19(11-25)22-5-4-21(27-22)17-9-24-10-18(17)22/h2-3,6-7,11,16-19,21,24H,4-5,9-10H2,1H3/t16-,17?,18+,19+,21-,22?/m0/s1. The van der Waals surface area contributed by atoms with Crippen LogP contribution >= 0.6 is 0 Å². The Balaban J connectivity index is 1.65. The summed E-state index contributed by atoms with van der Waals surface area (Å²) in [6.07, 6.45) is 4.53. The van der Waals surface area contributed by atoms with E-state index in [2.05, 4.69) is 11.4 Å². The summed E-state index contributed by atoms with van der Waals surface area (Å²) in [7, 11) is 0. The number of aryl methyl sites for hydroxylation is 1. The van der Waals surface area contributed by atoms with Gasteiger partial charge in [-0.1, -0.05) is 23.8 Å². The number of nitrogens with zero attached hydrogens (tertiary/aromatic N) is 1. The lowest BCUT2D eigenvalue weighted by Crippen LogP contribution is -2.46. The maximum atomic E-state index is 12.7. The van der Waals surface area contributed by atoms with Crippen molar-refractivity contribution in [1.29, 1.82) is 5.26 Å². The zero-order chi connectivity index (χ0) is 18.8. The Kier molecular flexibility index (Phi) is 3.65. The fraction of sp³-hybridized carbons (Fsp3) is 0.500. The Bertz CT molecular complexity index is 915. The van der Waals surface area contributed by atoms with Gasteiger partial charge in [0.2, 0.25) is 0 Å². The lowest BCUT2D eigenvalue weighted by Gasteiger charge is -2.39. The quantitative estimate of drug-likeness (QED) is 0.834. The van der Waals surface area contributed by atoms with Gasteiger partial charge in [0.1, 0.15) is 12.2 Å². The van der Waals surface area contributed by atoms with Crippen molar-refractivity contribution in [2.45, 2.75) is 37.4 Å². The molecule has 0 amide bonds. The van der Waals surface area contributed by atoms with Crippen LogP contribution in [0, 0.1) is 36.0 Å². The Morgan fingerprint density at radius 3 is 3.04 bits per heavy atom. The number of ketones is 1. The lowest BCUT2D eigenvalue weighted by molar-refractivity contribution is -0.118. The molecule has 138 valence electrons. The van der Waals surface area contributed by atoms with E-state index < -0.39 is 17.4 Å². The number of hydrogen-bond donors (Lipinski definition) is 1. The molecule has 3 aliphatic heterocycles. The van der Waals surface area contributed by atoms with Crippen molar-refractivity contribution in [1.82, 2.24) is 5.32 Å². The van der Waals surface area contributed by atoms with Crippen LogP contribution in [0.25, 0.3) is 5.57 Å². The predicted molar refractivity (Wildman–Crippen MR) is 98.8 cm³/mol. The Morgan fingerprint density at radius 2 is 2.26 bits per heavy atom. The van der Waals surface area contributed by atoms with Crippen molar-refractivity contribution in [3.8, 4) is 6.07 Å². The fourth-order valence-corrected chi connectivity index (χ4v) is 5.91. The fourth-order valence-electron chi connectivity index (χ4n) is 5.91. The van der Waals surface area contributed by atoms with E-state index in [1.807, 2.05) is 25.1 Å². The number of benzene rings is 1. The number of fused-ring (bicyclic) bond motifs is 6. The van der Waals surface area contributed by atoms with E-state index in [-0.39, 0.29) is 11.9 Å². The van der Waals surface area contributed by atoms with Crippen LogP contribution in [-0.4, -0.2) is 36.9 Å². The molecule has 3 saturated heterocycles. The number of ether oxygens (including phenoxy) is 1. The van der Waals surface area contributed by atoms with Gasteiger partial charge in [0.25, 0.3) is 0 Å². The second kappa shape index (κ2) is 5.85. The van der Waals surface area contributed by atoms with Gasteiger partial charge in [0.05, 0.1) is 23.7 Å². The molecule has 6 atom stereocenters. The first-order chi connectivity index (χ1) is 13.1. The van der Waals surface area contributed by atoms with E-state index in [1.54, 1.807) is 0 Å². The Morgan fingerprint density at radius 1 is 1.41 bits per heavy atom. The predicted octanol–water partition coefficient (Wildman–Crippen LogP) is 2.15. The van der Waals surface area contributed by atoms with Gasteiger partial charge in [-0.25, -0.2) is 0 Å². The van der Waals surface area contributed by atoms with Crippen LogP contribution in [0.4, 0.5) is 0 Å². The third-order valence-electron chi connectivity index (χ3n) is 7.10. The van der Waals surface area contributed by atoms with E-state index in [0.29, 0.717) is 17.4 Å². The summed E-state index contributed by atoms with van der Waals surface area (Å²) in [5.41, 5.74) is 2.81. The summed E-state index contributed by atoms with van der Waals surface area (Å²) < 4.78 is 6.48. The van der Waals surface area contributed by atoms with Crippen LogP contribution in [0.15, 0.2) is 24.3 Å². The lowest BCUT2D eigenvalue weighted by atomic mass is 9.64. The molecule has 2 unspecified atom stereocenters. The van der Waals surface area contributed by atoms with Crippen LogP contribution in [0.1, 0.15) is 35.4 Å². The van der Waals surface area contributed by atoms with Crippen molar-refractivity contribution < 1.29 is 14.3 Å². The number of rotatable bonds is 3. The summed E-state index contributed by atoms with van der Waals surface area (Å²) >= 11 is 0. The highest BCUT2D eigenvalue weighted by Gasteiger charge is 2.64. The molecule has 0 aromatic heterocycles. The molecule has 1 N–H and O–H groups in total. The second-order valence-electron chi connectivity index (χ2n) is 8.35. The number of allylic oxidation sites excluding steroid dienone is 1. The molecule has 1 aromatic rings. The first-order valence-corrected chi connectivity index (χ1v) is 9.69. The molecule has 5 nitrogen and oxygen atoms in total. The average molecular weight is 362 g/mol. The first kappa shape index (κ1) is 16.9. The van der Waals surface area contributed by atoms with Gasteiger partial charge in [-0.05, 0) is 42.5 Å². The number of carbonyl (C=O) groups excluding carboxylic acids is 2. The second-order valence-corrected chi connectivity index (χ2v) is 8.35. The summed E-state index contributed by atoms with van der Waals surface area (Å²) in [5.74, 6) is -0.771. The number of nitrogens with one attached hydrogen (secondary N) is 1. The molecular formula is C22H22N2O3. The highest BCUT2D eigenvalue weighted by Crippen LogP contribution is 2.58. The van der Waals surface area contributed by atoms with Gasteiger partial charge < -0.3 is 14.8 Å². The van der Waals surface area contributed by atoms with E-state index in [4.69, 9.17) is 4.74 Å². The average Bonchev–Trinajstić information content (AvgIpc) is 3.36. The van der Waals surface area contributed by atoms with Crippen molar-refractivity contribution in [3.63, 3.8) is 0 Å². The highest BCUT2D eigenvalue weighted by molar-refractivity contribution is 6.08. The molecule has 3 fully saturated rings. The number of aldehydes is 1. The minimum absolute atomic E-state index is 0.205. The van der Waals surface area contributed by atoms with Gasteiger partial charge in [0.15, 0.2) is 5.78 Å². The molecule has 5 rings (SSSR count). The molecule has 0 spiro atoms. The van der Waals surface area contributed by atoms with Crippen LogP contribution in [0.2, 0.25) is 0 Å². The van der Waals surface area contributed by atoms with E-state index >= 15 is 0 Å². The topological polar surface area (TPSA) is 79.2 Å². The number of carbonyl (C=O) groups is 2. The molecule has 2 bridgehead atoms. The molecule has 27 heavy (non-hydrogen) atoms. The monoisotopic (exact) mass is 362 g/mol. The van der Waals surface area contributed by atoms with Gasteiger partial charge >= 0.3 is 0 Å². The number of nitriles is 1. The smallest absolute Gasteiger partial charge is 0.177 e. The van der Waals surface area contributed by atoms with E-state index in [1.165, 1.54) is 6.08 Å². The zero-order valence-corrected chi connectivity index (χ0v) is 15.3. The van der Waals surface area contributed by atoms with Crippen LogP contribution in [-0.2, 0) is 14.3 Å². The van der Waals surface area contributed by atoms with Gasteiger partial charge in [0, 0.05) is 24.9 Å². The molecule has 1 aliphatic carbocycles. The van der Waals surface area contributed by atoms with Gasteiger partial charge in [-0.15, -0.1) is 0 Å². The molecule has 1 aromatic carbocycles. The minimum atomic E-state index is -0.795. The Labute approximate surface area is 158 Å². The van der Waals surface area contributed by atoms with E-state index in [9.17, 15) is 14.9 Å². The van der Waals surface area contributed by atoms with Gasteiger partial charge in [-0.3, -0.25) is 4.79 Å². The van der Waals surface area contributed by atoms with Crippen LogP contribution in [0.3, 0.4) is 0 Å². The molecule has 0 radical (unpaired) electrons. The number of hydrogen-bond acceptors (Lipinski definition) is 5. The summed E-state index contributed by atoms with van der Waals surface area (Å²) in [4.78, 5) is 25.1. The summed E-state index contributed by atoms with van der Waals surface area (Å²) in [5, 5.41) is 13.0. The largest absolute Gasteiger partial charge is 0.370 e.